The number of primary amides is 1. The summed E-state index contributed by atoms with van der Waals surface area (Å²) >= 11 is 6.41. The molecule has 2 aromatic carbocycles. The fourth-order valence-electron chi connectivity index (χ4n) is 4.59. The van der Waals surface area contributed by atoms with E-state index in [1.807, 2.05) is 6.07 Å². The zero-order chi connectivity index (χ0) is 30.6. The highest BCUT2D eigenvalue weighted by Crippen LogP contribution is 2.39. The summed E-state index contributed by atoms with van der Waals surface area (Å²) in [6.07, 6.45) is 2.36. The minimum atomic E-state index is -3.58. The highest BCUT2D eigenvalue weighted by atomic mass is 35.5. The minimum Gasteiger partial charge on any atom is -0.494 e. The Morgan fingerprint density at radius 2 is 1.86 bits per heavy atom. The van der Waals surface area contributed by atoms with E-state index in [1.165, 1.54) is 12.3 Å². The van der Waals surface area contributed by atoms with Gasteiger partial charge in [0.1, 0.15) is 10.8 Å². The first-order valence-electron chi connectivity index (χ1n) is 13.5. The number of nitrogens with zero attached hydrogens (tertiary/aromatic N) is 4. The zero-order valence-electron chi connectivity index (χ0n) is 24.1. The number of rotatable bonds is 10. The Kier molecular flexibility index (Phi) is 9.60. The molecule has 1 saturated heterocycles. The summed E-state index contributed by atoms with van der Waals surface area (Å²) < 4.78 is 31.6. The van der Waals surface area contributed by atoms with Crippen LogP contribution in [0.3, 0.4) is 0 Å². The molecular weight excluding hydrogens is 578 g/mol. The Morgan fingerprint density at radius 1 is 1.12 bits per heavy atom. The summed E-state index contributed by atoms with van der Waals surface area (Å²) in [7, 11) is 0.0465. The predicted octanol–water partition coefficient (Wildman–Crippen LogP) is 4.45. The van der Waals surface area contributed by atoms with Gasteiger partial charge >= 0.3 is 0 Å². The van der Waals surface area contributed by atoms with Gasteiger partial charge in [-0.25, -0.2) is 13.4 Å². The largest absolute Gasteiger partial charge is 0.494 e. The van der Waals surface area contributed by atoms with Gasteiger partial charge in [-0.2, -0.15) is 4.98 Å². The highest BCUT2D eigenvalue weighted by molar-refractivity contribution is 7.92. The van der Waals surface area contributed by atoms with Crippen LogP contribution in [0.5, 0.6) is 5.75 Å². The Hall–Kier alpha value is -3.87. The number of nitrogens with two attached hydrogens (primary N) is 1. The van der Waals surface area contributed by atoms with E-state index in [1.54, 1.807) is 45.2 Å². The lowest BCUT2D eigenvalue weighted by Gasteiger charge is -2.27. The van der Waals surface area contributed by atoms with E-state index in [-0.39, 0.29) is 27.3 Å². The number of hydrogen-bond donors (Lipinski definition) is 3. The summed E-state index contributed by atoms with van der Waals surface area (Å²) in [6, 6.07) is 10.1. The van der Waals surface area contributed by atoms with Gasteiger partial charge in [0, 0.05) is 42.5 Å². The summed E-state index contributed by atoms with van der Waals surface area (Å²) in [5.74, 6) is 0.212. The Balaban J connectivity index is 1.72. The second kappa shape index (κ2) is 13.0. The van der Waals surface area contributed by atoms with Crippen molar-refractivity contribution in [2.24, 2.45) is 5.73 Å². The number of amides is 1. The monoisotopic (exact) mass is 613 g/mol. The molecule has 0 radical (unpaired) electrons. The predicted molar refractivity (Wildman–Crippen MR) is 168 cm³/mol. The average molecular weight is 614 g/mol. The fraction of sp³-hybridized carbons (Fsp3) is 0.345. The normalized spacial score (nSPS) is 14.4. The lowest BCUT2D eigenvalue weighted by molar-refractivity contribution is -0.112. The van der Waals surface area contributed by atoms with Gasteiger partial charge in [0.15, 0.2) is 15.7 Å². The SMILES string of the molecule is C=C(C(N)=O)c1cc(Nc2ncc(Cl)c(Nc3ccccc3S(=O)(=O)C(C)C)n2)c(OC)cc1N1CCCN(C)CC1. The molecule has 0 atom stereocenters. The highest BCUT2D eigenvalue weighted by Gasteiger charge is 2.24. The second-order valence-corrected chi connectivity index (χ2v) is 13.2. The number of nitrogens with one attached hydrogen (secondary N) is 2. The lowest BCUT2D eigenvalue weighted by atomic mass is 10.0. The first-order valence-corrected chi connectivity index (χ1v) is 15.4. The van der Waals surface area contributed by atoms with E-state index in [2.05, 4.69) is 44.0 Å². The molecule has 0 unspecified atom stereocenters. The van der Waals surface area contributed by atoms with Crippen molar-refractivity contribution in [2.45, 2.75) is 30.4 Å². The number of hydrogen-bond acceptors (Lipinski definition) is 10. The standard InChI is InChI=1S/C29H36ClN7O4S/c1-18(2)42(39,40)26-10-7-6-9-22(26)33-28-21(30)17-32-29(35-28)34-23-15-20(19(3)27(31)38)24(16-25(23)41-5)37-12-8-11-36(4)13-14-37/h6-7,9-10,15-18H,3,8,11-14H2,1-2,4-5H3,(H2,31,38)(H2,32,33,34,35). The van der Waals surface area contributed by atoms with Crippen LogP contribution in [0.2, 0.25) is 5.02 Å². The first kappa shape index (κ1) is 31.1. The van der Waals surface area contributed by atoms with E-state index < -0.39 is 21.0 Å². The fourth-order valence-corrected chi connectivity index (χ4v) is 5.93. The third-order valence-electron chi connectivity index (χ3n) is 7.06. The first-order chi connectivity index (χ1) is 19.9. The number of benzene rings is 2. The van der Waals surface area contributed by atoms with Crippen LogP contribution in [0.25, 0.3) is 5.57 Å². The smallest absolute Gasteiger partial charge is 0.248 e. The third kappa shape index (κ3) is 6.77. The number of halogens is 1. The number of carbonyl (C=O) groups is 1. The van der Waals surface area contributed by atoms with Gasteiger partial charge < -0.3 is 30.9 Å². The number of likely N-dealkylation sites (N-methyl/N-ethyl adjacent to an activating group) is 1. The van der Waals surface area contributed by atoms with Crippen LogP contribution in [-0.2, 0) is 14.6 Å². The van der Waals surface area contributed by atoms with Crippen LogP contribution in [0.15, 0.2) is 54.1 Å². The lowest BCUT2D eigenvalue weighted by Crippen LogP contribution is -2.30. The maximum absolute atomic E-state index is 12.9. The number of sulfone groups is 1. The summed E-state index contributed by atoms with van der Waals surface area (Å²) in [5.41, 5.74) is 7.98. The van der Waals surface area contributed by atoms with Crippen molar-refractivity contribution in [3.05, 3.63) is 59.8 Å². The molecule has 1 aliphatic rings. The van der Waals surface area contributed by atoms with Crippen LogP contribution in [-0.4, -0.2) is 74.8 Å². The van der Waals surface area contributed by atoms with Gasteiger partial charge in [-0.15, -0.1) is 0 Å². The summed E-state index contributed by atoms with van der Waals surface area (Å²) in [5, 5.41) is 5.75. The number of para-hydroxylation sites is 1. The molecule has 1 aliphatic heterocycles. The van der Waals surface area contributed by atoms with Gasteiger partial charge in [0.2, 0.25) is 11.9 Å². The van der Waals surface area contributed by atoms with Gasteiger partial charge in [0.05, 0.1) is 34.8 Å². The molecule has 13 heteroatoms. The van der Waals surface area contributed by atoms with Crippen molar-refractivity contribution >= 4 is 61.7 Å². The second-order valence-electron chi connectivity index (χ2n) is 10.3. The summed E-state index contributed by atoms with van der Waals surface area (Å²) in [4.78, 5) is 25.6. The van der Waals surface area contributed by atoms with Gasteiger partial charge in [0.25, 0.3) is 0 Å². The molecule has 11 nitrogen and oxygen atoms in total. The van der Waals surface area contributed by atoms with Gasteiger partial charge in [-0.1, -0.05) is 30.3 Å². The van der Waals surface area contributed by atoms with Crippen LogP contribution in [0, 0.1) is 0 Å². The van der Waals surface area contributed by atoms with Crippen LogP contribution >= 0.6 is 11.6 Å². The molecule has 0 bridgehead atoms. The molecule has 224 valence electrons. The van der Waals surface area contributed by atoms with Crippen LogP contribution < -0.4 is 26.0 Å². The molecule has 0 saturated carbocycles. The van der Waals surface area contributed by atoms with Crippen molar-refractivity contribution in [3.63, 3.8) is 0 Å². The van der Waals surface area contributed by atoms with E-state index in [0.29, 0.717) is 22.7 Å². The number of carbonyl (C=O) groups excluding carboxylic acids is 1. The Labute approximate surface area is 251 Å². The molecule has 2 heterocycles. The van der Waals surface area contributed by atoms with E-state index in [4.69, 9.17) is 22.1 Å². The number of anilines is 5. The van der Waals surface area contributed by atoms with Gasteiger partial charge in [-0.05, 0) is 52.1 Å². The number of aromatic nitrogens is 2. The van der Waals surface area contributed by atoms with Crippen molar-refractivity contribution < 1.29 is 17.9 Å². The molecule has 4 rings (SSSR count). The van der Waals surface area contributed by atoms with Crippen LogP contribution in [0.4, 0.5) is 28.8 Å². The number of ether oxygens (including phenoxy) is 1. The minimum absolute atomic E-state index is 0.135. The number of methoxy groups -OCH3 is 1. The molecule has 0 spiro atoms. The van der Waals surface area contributed by atoms with Crippen LogP contribution in [0.1, 0.15) is 25.8 Å². The third-order valence-corrected chi connectivity index (χ3v) is 9.55. The van der Waals surface area contributed by atoms with Gasteiger partial charge in [-0.3, -0.25) is 4.79 Å². The topological polar surface area (TPSA) is 143 Å². The molecule has 3 aromatic rings. The average Bonchev–Trinajstić information content (AvgIpc) is 3.18. The van der Waals surface area contributed by atoms with Crippen molar-refractivity contribution in [2.75, 3.05) is 55.9 Å². The molecule has 1 fully saturated rings. The quantitative estimate of drug-likeness (QED) is 0.281. The van der Waals surface area contributed by atoms with E-state index >= 15 is 0 Å². The Morgan fingerprint density at radius 3 is 2.55 bits per heavy atom. The van der Waals surface area contributed by atoms with E-state index in [0.717, 1.165) is 38.3 Å². The molecule has 42 heavy (non-hydrogen) atoms. The molecule has 1 amide bonds. The van der Waals surface area contributed by atoms with Crippen molar-refractivity contribution in [3.8, 4) is 5.75 Å². The summed E-state index contributed by atoms with van der Waals surface area (Å²) in [6.45, 7) is 10.6. The molecule has 4 N–H and O–H groups in total. The molecular formula is C29H36ClN7O4S. The maximum Gasteiger partial charge on any atom is 0.248 e. The Bertz CT molecular complexity index is 1600. The molecule has 0 aliphatic carbocycles. The molecule has 1 aromatic heterocycles. The van der Waals surface area contributed by atoms with Crippen molar-refractivity contribution in [1.82, 2.24) is 14.9 Å². The zero-order valence-corrected chi connectivity index (χ0v) is 25.7. The maximum atomic E-state index is 12.9. The van der Waals surface area contributed by atoms with E-state index in [9.17, 15) is 13.2 Å². The van der Waals surface area contributed by atoms with Crippen molar-refractivity contribution in [1.29, 1.82) is 0 Å².